The molecule has 1 fully saturated rings. The van der Waals surface area contributed by atoms with Gasteiger partial charge >= 0.3 is 0 Å². The second kappa shape index (κ2) is 10.6. The Bertz CT molecular complexity index is 511. The summed E-state index contributed by atoms with van der Waals surface area (Å²) in [6.07, 6.45) is 3.79. The van der Waals surface area contributed by atoms with Crippen LogP contribution in [-0.2, 0) is 4.79 Å². The summed E-state index contributed by atoms with van der Waals surface area (Å²) in [4.78, 5) is 16.9. The molecule has 3 N–H and O–H groups in total. The van der Waals surface area contributed by atoms with Crippen molar-refractivity contribution >= 4 is 5.91 Å². The summed E-state index contributed by atoms with van der Waals surface area (Å²) < 4.78 is 0. The molecule has 27 heavy (non-hydrogen) atoms. The second-order valence-electron chi connectivity index (χ2n) is 9.19. The van der Waals surface area contributed by atoms with E-state index < -0.39 is 0 Å². The predicted molar refractivity (Wildman–Crippen MR) is 111 cm³/mol. The van der Waals surface area contributed by atoms with Gasteiger partial charge < -0.3 is 15.1 Å². The Balaban J connectivity index is 2.74. The molecule has 6 heteroatoms. The fourth-order valence-electron chi connectivity index (χ4n) is 3.19. The van der Waals surface area contributed by atoms with Crippen LogP contribution in [0.3, 0.4) is 0 Å². The van der Waals surface area contributed by atoms with Gasteiger partial charge in [-0.3, -0.25) is 15.5 Å². The molecule has 0 radical (unpaired) electrons. The van der Waals surface area contributed by atoms with Gasteiger partial charge in [0, 0.05) is 25.3 Å². The van der Waals surface area contributed by atoms with Crippen molar-refractivity contribution < 1.29 is 10.0 Å². The molecule has 0 aromatic heterocycles. The molecule has 0 aliphatic carbocycles. The van der Waals surface area contributed by atoms with Gasteiger partial charge in [0.2, 0.25) is 5.91 Å². The van der Waals surface area contributed by atoms with Crippen molar-refractivity contribution in [3.63, 3.8) is 0 Å². The van der Waals surface area contributed by atoms with Crippen molar-refractivity contribution in [2.45, 2.75) is 66.3 Å². The van der Waals surface area contributed by atoms with Gasteiger partial charge in [-0.1, -0.05) is 47.8 Å². The smallest absolute Gasteiger partial charge is 0.242 e. The highest BCUT2D eigenvalue weighted by Gasteiger charge is 2.33. The lowest BCUT2D eigenvalue weighted by atomic mass is 9.92. The Hall–Kier alpha value is -1.69. The monoisotopic (exact) mass is 380 g/mol. The Kier molecular flexibility index (Phi) is 9.16. The topological polar surface area (TPSA) is 67.8 Å². The molecule has 1 heterocycles. The molecule has 1 amide bonds. The van der Waals surface area contributed by atoms with E-state index in [1.165, 1.54) is 0 Å². The lowest BCUT2D eigenvalue weighted by Crippen LogP contribution is -2.47. The zero-order valence-electron chi connectivity index (χ0n) is 18.0. The van der Waals surface area contributed by atoms with Crippen molar-refractivity contribution in [3.8, 4) is 0 Å². The summed E-state index contributed by atoms with van der Waals surface area (Å²) in [5.41, 5.74) is 2.85. The number of hydroxylamine groups is 1. The Morgan fingerprint density at radius 3 is 2.56 bits per heavy atom. The van der Waals surface area contributed by atoms with Gasteiger partial charge in [-0.25, -0.2) is 0 Å². The highest BCUT2D eigenvalue weighted by Crippen LogP contribution is 2.25. The predicted octanol–water partition coefficient (Wildman–Crippen LogP) is 3.32. The molecular weight excluding hydrogens is 340 g/mol. The van der Waals surface area contributed by atoms with Crippen LogP contribution in [0.2, 0.25) is 0 Å². The molecule has 0 aromatic carbocycles. The lowest BCUT2D eigenvalue weighted by Gasteiger charge is -2.36. The van der Waals surface area contributed by atoms with Crippen LogP contribution in [0.4, 0.5) is 0 Å². The van der Waals surface area contributed by atoms with Gasteiger partial charge in [-0.2, -0.15) is 0 Å². The number of hydrogen-bond donors (Lipinski definition) is 3. The third kappa shape index (κ3) is 8.24. The first-order valence-corrected chi connectivity index (χ1v) is 10.1. The van der Waals surface area contributed by atoms with E-state index in [2.05, 4.69) is 68.4 Å². The van der Waals surface area contributed by atoms with E-state index in [1.807, 2.05) is 0 Å². The van der Waals surface area contributed by atoms with E-state index in [9.17, 15) is 4.79 Å². The highest BCUT2D eigenvalue weighted by molar-refractivity contribution is 5.82. The summed E-state index contributed by atoms with van der Waals surface area (Å²) in [5.74, 6) is 1.48. The number of amides is 1. The van der Waals surface area contributed by atoms with E-state index in [0.717, 1.165) is 44.6 Å². The van der Waals surface area contributed by atoms with E-state index in [4.69, 9.17) is 5.21 Å². The summed E-state index contributed by atoms with van der Waals surface area (Å²) in [6, 6.07) is -0.172. The zero-order chi connectivity index (χ0) is 20.6. The minimum absolute atomic E-state index is 0.0841. The average molecular weight is 381 g/mol. The maximum absolute atomic E-state index is 12.7. The van der Waals surface area contributed by atoms with E-state index in [-0.39, 0.29) is 17.4 Å². The van der Waals surface area contributed by atoms with Crippen molar-refractivity contribution in [1.29, 1.82) is 0 Å². The number of likely N-dealkylation sites (tertiary alicyclic amines) is 1. The maximum Gasteiger partial charge on any atom is 0.242 e. The molecule has 0 aromatic rings. The average Bonchev–Trinajstić information content (AvgIpc) is 3.06. The summed E-state index contributed by atoms with van der Waals surface area (Å²) in [6.45, 7) is 21.8. The van der Waals surface area contributed by atoms with Gasteiger partial charge in [-0.05, 0) is 37.0 Å². The number of nitrogens with zero attached hydrogens (tertiary/aromatic N) is 2. The van der Waals surface area contributed by atoms with Crippen molar-refractivity contribution in [3.05, 3.63) is 24.7 Å². The fraction of sp³-hybridized carbons (Fsp3) is 0.762. The molecule has 0 bridgehead atoms. The zero-order valence-corrected chi connectivity index (χ0v) is 18.0. The fourth-order valence-corrected chi connectivity index (χ4v) is 3.19. The molecule has 156 valence electrons. The summed E-state index contributed by atoms with van der Waals surface area (Å²) in [5, 5.41) is 12.2. The summed E-state index contributed by atoms with van der Waals surface area (Å²) >= 11 is 0. The lowest BCUT2D eigenvalue weighted by molar-refractivity contribution is -0.125. The van der Waals surface area contributed by atoms with Gasteiger partial charge in [0.05, 0.1) is 12.4 Å². The Morgan fingerprint density at radius 1 is 1.33 bits per heavy atom. The quantitative estimate of drug-likeness (QED) is 0.480. The van der Waals surface area contributed by atoms with E-state index in [0.29, 0.717) is 24.7 Å². The molecule has 1 unspecified atom stereocenters. The standard InChI is InChI=1S/C21H40N4O2/c1-16(2)10-14-24(15-17(3)23-27)18(4)25-13-8-9-19(25)20(26)22-12-11-21(5,6)7/h16,19,23,27H,3-4,8-15H2,1-2,5-7H3,(H,22,26). The van der Waals surface area contributed by atoms with Crippen molar-refractivity contribution in [1.82, 2.24) is 20.6 Å². The molecule has 1 aliphatic rings. The molecule has 6 nitrogen and oxygen atoms in total. The van der Waals surface area contributed by atoms with Crippen LogP contribution in [0.15, 0.2) is 24.7 Å². The third-order valence-electron chi connectivity index (χ3n) is 4.94. The number of carbonyl (C=O) groups excluding carboxylic acids is 1. The molecule has 0 spiro atoms. The Morgan fingerprint density at radius 2 is 2.00 bits per heavy atom. The minimum Gasteiger partial charge on any atom is -0.354 e. The number of carbonyl (C=O) groups is 1. The first-order valence-electron chi connectivity index (χ1n) is 10.1. The largest absolute Gasteiger partial charge is 0.354 e. The van der Waals surface area contributed by atoms with Crippen molar-refractivity contribution in [2.75, 3.05) is 26.2 Å². The third-order valence-corrected chi connectivity index (χ3v) is 4.94. The Labute approximate surface area is 165 Å². The maximum atomic E-state index is 12.7. The second-order valence-corrected chi connectivity index (χ2v) is 9.19. The first-order chi connectivity index (χ1) is 12.5. The minimum atomic E-state index is -0.172. The number of rotatable bonds is 11. The van der Waals surface area contributed by atoms with E-state index in [1.54, 1.807) is 0 Å². The van der Waals surface area contributed by atoms with Crippen LogP contribution >= 0.6 is 0 Å². The first kappa shape index (κ1) is 23.3. The highest BCUT2D eigenvalue weighted by atomic mass is 16.5. The van der Waals surface area contributed by atoms with E-state index >= 15 is 0 Å². The van der Waals surface area contributed by atoms with Crippen molar-refractivity contribution in [2.24, 2.45) is 11.3 Å². The molecule has 0 saturated carbocycles. The van der Waals surface area contributed by atoms with Gasteiger partial charge in [0.25, 0.3) is 0 Å². The van der Waals surface area contributed by atoms with Gasteiger partial charge in [0.15, 0.2) is 0 Å². The van der Waals surface area contributed by atoms with Crippen LogP contribution in [0.1, 0.15) is 60.3 Å². The molecule has 1 saturated heterocycles. The molecule has 1 aliphatic heterocycles. The summed E-state index contributed by atoms with van der Waals surface area (Å²) in [7, 11) is 0. The van der Waals surface area contributed by atoms with Crippen LogP contribution in [-0.4, -0.2) is 53.1 Å². The van der Waals surface area contributed by atoms with Gasteiger partial charge in [0.1, 0.15) is 6.04 Å². The van der Waals surface area contributed by atoms with Crippen LogP contribution in [0, 0.1) is 11.3 Å². The normalized spacial score (nSPS) is 17.1. The van der Waals surface area contributed by atoms with Gasteiger partial charge in [-0.15, -0.1) is 0 Å². The van der Waals surface area contributed by atoms with Crippen LogP contribution in [0.25, 0.3) is 0 Å². The number of nitrogens with one attached hydrogen (secondary N) is 2. The SMILES string of the molecule is C=C(CN(CCC(C)C)C(=C)N1CCCC1C(=O)NCCC(C)(C)C)NO. The molecule has 1 rings (SSSR count). The van der Waals surface area contributed by atoms with Crippen LogP contribution < -0.4 is 10.8 Å². The van der Waals surface area contributed by atoms with Crippen LogP contribution in [0.5, 0.6) is 0 Å². The molecular formula is C21H40N4O2. The number of hydrogen-bond acceptors (Lipinski definition) is 5. The molecule has 1 atom stereocenters.